The van der Waals surface area contributed by atoms with Gasteiger partial charge in [0.05, 0.1) is 23.8 Å². The highest BCUT2D eigenvalue weighted by molar-refractivity contribution is 5.78. The Balaban J connectivity index is 1.62. The van der Waals surface area contributed by atoms with E-state index < -0.39 is 17.9 Å². The van der Waals surface area contributed by atoms with Gasteiger partial charge in [-0.1, -0.05) is 35.5 Å². The minimum atomic E-state index is -0.981. The number of nitrogens with zero attached hydrogens (tertiary/aromatic N) is 2. The first-order valence-corrected chi connectivity index (χ1v) is 8.47. The molecule has 0 bridgehead atoms. The normalized spacial score (nSPS) is 13.1. The van der Waals surface area contributed by atoms with E-state index in [4.69, 9.17) is 8.94 Å². The SMILES string of the molecule is CC(C(=O)O)C(NC(=O)CCc1nc(-c2ccoc2)no1)c1ccccc1. The van der Waals surface area contributed by atoms with Crippen molar-refractivity contribution in [3.63, 3.8) is 0 Å². The van der Waals surface area contributed by atoms with E-state index in [1.807, 2.05) is 6.07 Å². The molecule has 1 aromatic carbocycles. The fourth-order valence-corrected chi connectivity index (χ4v) is 2.63. The molecule has 0 radical (unpaired) electrons. The lowest BCUT2D eigenvalue weighted by molar-refractivity contribution is -0.142. The topological polar surface area (TPSA) is 118 Å². The number of carboxylic acids is 1. The van der Waals surface area contributed by atoms with Crippen molar-refractivity contribution in [2.75, 3.05) is 0 Å². The number of benzene rings is 1. The van der Waals surface area contributed by atoms with Gasteiger partial charge >= 0.3 is 5.97 Å². The molecule has 0 spiro atoms. The number of rotatable bonds is 8. The van der Waals surface area contributed by atoms with Crippen molar-refractivity contribution in [3.05, 3.63) is 60.4 Å². The summed E-state index contributed by atoms with van der Waals surface area (Å²) in [7, 11) is 0. The molecule has 2 unspecified atom stereocenters. The number of nitrogens with one attached hydrogen (secondary N) is 1. The molecule has 0 aliphatic rings. The van der Waals surface area contributed by atoms with Crippen molar-refractivity contribution >= 4 is 11.9 Å². The van der Waals surface area contributed by atoms with Crippen LogP contribution in [0, 0.1) is 5.92 Å². The Kier molecular flexibility index (Phi) is 5.65. The number of furan rings is 1. The molecular weight excluding hydrogens is 350 g/mol. The number of aryl methyl sites for hydroxylation is 1. The molecule has 0 saturated heterocycles. The van der Waals surface area contributed by atoms with Gasteiger partial charge in [-0.2, -0.15) is 4.98 Å². The number of hydrogen-bond donors (Lipinski definition) is 2. The molecule has 3 aromatic rings. The molecule has 8 nitrogen and oxygen atoms in total. The average molecular weight is 369 g/mol. The van der Waals surface area contributed by atoms with E-state index in [0.29, 0.717) is 17.3 Å². The van der Waals surface area contributed by atoms with E-state index in [2.05, 4.69) is 15.5 Å². The van der Waals surface area contributed by atoms with Gasteiger partial charge in [0.1, 0.15) is 6.26 Å². The molecule has 27 heavy (non-hydrogen) atoms. The highest BCUT2D eigenvalue weighted by Crippen LogP contribution is 2.22. The summed E-state index contributed by atoms with van der Waals surface area (Å²) >= 11 is 0. The van der Waals surface area contributed by atoms with E-state index in [1.165, 1.54) is 12.5 Å². The fraction of sp³-hybridized carbons (Fsp3) is 0.263. The molecule has 0 aliphatic carbocycles. The second kappa shape index (κ2) is 8.31. The van der Waals surface area contributed by atoms with Crippen LogP contribution in [0.4, 0.5) is 0 Å². The van der Waals surface area contributed by atoms with Crippen LogP contribution in [-0.2, 0) is 16.0 Å². The standard InChI is InChI=1S/C19H19N3O5/c1-12(19(24)25)17(13-5-3-2-4-6-13)20-15(23)7-8-16-21-18(22-27-16)14-9-10-26-11-14/h2-6,9-12,17H,7-8H2,1H3,(H,20,23)(H,24,25). The Labute approximate surface area is 155 Å². The zero-order chi connectivity index (χ0) is 19.2. The summed E-state index contributed by atoms with van der Waals surface area (Å²) < 4.78 is 10.1. The molecule has 0 saturated carbocycles. The van der Waals surface area contributed by atoms with Crippen LogP contribution in [0.1, 0.15) is 30.8 Å². The molecule has 0 aliphatic heterocycles. The molecular formula is C19H19N3O5. The third kappa shape index (κ3) is 4.60. The third-order valence-corrected chi connectivity index (χ3v) is 4.18. The lowest BCUT2D eigenvalue weighted by Crippen LogP contribution is -2.35. The number of carboxylic acid groups (broad SMARTS) is 1. The van der Waals surface area contributed by atoms with Crippen molar-refractivity contribution in [3.8, 4) is 11.4 Å². The van der Waals surface area contributed by atoms with Crippen LogP contribution in [0.5, 0.6) is 0 Å². The second-order valence-corrected chi connectivity index (χ2v) is 6.11. The average Bonchev–Trinajstić information content (AvgIpc) is 3.36. The molecule has 0 fully saturated rings. The fourth-order valence-electron chi connectivity index (χ4n) is 2.63. The molecule has 2 N–H and O–H groups in total. The number of carbonyl (C=O) groups excluding carboxylic acids is 1. The molecule has 1 amide bonds. The largest absolute Gasteiger partial charge is 0.481 e. The quantitative estimate of drug-likeness (QED) is 0.626. The van der Waals surface area contributed by atoms with Crippen molar-refractivity contribution in [1.82, 2.24) is 15.5 Å². The van der Waals surface area contributed by atoms with Crippen molar-refractivity contribution < 1.29 is 23.6 Å². The van der Waals surface area contributed by atoms with Crippen LogP contribution < -0.4 is 5.32 Å². The van der Waals surface area contributed by atoms with Gasteiger partial charge in [-0.3, -0.25) is 9.59 Å². The first kappa shape index (κ1) is 18.4. The molecule has 2 heterocycles. The van der Waals surface area contributed by atoms with Gasteiger partial charge in [-0.05, 0) is 18.6 Å². The van der Waals surface area contributed by atoms with Crippen molar-refractivity contribution in [2.24, 2.45) is 5.92 Å². The van der Waals surface area contributed by atoms with Gasteiger partial charge < -0.3 is 19.4 Å². The summed E-state index contributed by atoms with van der Waals surface area (Å²) in [6.07, 6.45) is 3.35. The second-order valence-electron chi connectivity index (χ2n) is 6.11. The molecule has 3 rings (SSSR count). The summed E-state index contributed by atoms with van der Waals surface area (Å²) in [4.78, 5) is 28.0. The van der Waals surface area contributed by atoms with E-state index in [9.17, 15) is 14.7 Å². The minimum absolute atomic E-state index is 0.0999. The Morgan fingerprint density at radius 2 is 2.00 bits per heavy atom. The first-order valence-electron chi connectivity index (χ1n) is 8.47. The van der Waals surface area contributed by atoms with Crippen LogP contribution >= 0.6 is 0 Å². The highest BCUT2D eigenvalue weighted by Gasteiger charge is 2.26. The molecule has 140 valence electrons. The van der Waals surface area contributed by atoms with E-state index in [1.54, 1.807) is 37.3 Å². The maximum Gasteiger partial charge on any atom is 0.308 e. The van der Waals surface area contributed by atoms with Gasteiger partial charge in [0, 0.05) is 12.8 Å². The van der Waals surface area contributed by atoms with Crippen LogP contribution in [0.15, 0.2) is 57.9 Å². The Bertz CT molecular complexity index is 889. The van der Waals surface area contributed by atoms with E-state index >= 15 is 0 Å². The monoisotopic (exact) mass is 369 g/mol. The summed E-state index contributed by atoms with van der Waals surface area (Å²) in [6, 6.07) is 10.1. The Morgan fingerprint density at radius 1 is 1.22 bits per heavy atom. The molecule has 2 atom stereocenters. The highest BCUT2D eigenvalue weighted by atomic mass is 16.5. The zero-order valence-electron chi connectivity index (χ0n) is 14.7. The van der Waals surface area contributed by atoms with Gasteiger partial charge in [0.2, 0.25) is 17.6 Å². The zero-order valence-corrected chi connectivity index (χ0v) is 14.7. The van der Waals surface area contributed by atoms with E-state index in [0.717, 1.165) is 5.56 Å². The van der Waals surface area contributed by atoms with Crippen LogP contribution in [0.25, 0.3) is 11.4 Å². The Morgan fingerprint density at radius 3 is 2.67 bits per heavy atom. The maximum absolute atomic E-state index is 12.4. The predicted octanol–water partition coefficient (Wildman–Crippen LogP) is 2.84. The molecule has 8 heteroatoms. The van der Waals surface area contributed by atoms with Crippen molar-refractivity contribution in [1.29, 1.82) is 0 Å². The van der Waals surface area contributed by atoms with Crippen molar-refractivity contribution in [2.45, 2.75) is 25.8 Å². The third-order valence-electron chi connectivity index (χ3n) is 4.18. The first-order chi connectivity index (χ1) is 13.0. The lowest BCUT2D eigenvalue weighted by Gasteiger charge is -2.22. The number of hydrogen-bond acceptors (Lipinski definition) is 6. The summed E-state index contributed by atoms with van der Waals surface area (Å²) in [6.45, 7) is 1.56. The van der Waals surface area contributed by atoms with Gasteiger partial charge in [0.15, 0.2) is 0 Å². The Hall–Kier alpha value is -3.42. The lowest BCUT2D eigenvalue weighted by atomic mass is 9.94. The summed E-state index contributed by atoms with van der Waals surface area (Å²) in [5.74, 6) is -1.33. The molecule has 2 aromatic heterocycles. The number of carbonyl (C=O) groups is 2. The van der Waals surface area contributed by atoms with Crippen LogP contribution in [0.2, 0.25) is 0 Å². The van der Waals surface area contributed by atoms with Gasteiger partial charge in [-0.15, -0.1) is 0 Å². The van der Waals surface area contributed by atoms with Crippen LogP contribution in [0.3, 0.4) is 0 Å². The smallest absolute Gasteiger partial charge is 0.308 e. The number of aliphatic carboxylic acids is 1. The summed E-state index contributed by atoms with van der Waals surface area (Å²) in [5, 5.41) is 16.0. The maximum atomic E-state index is 12.4. The van der Waals surface area contributed by atoms with Crippen LogP contribution in [-0.4, -0.2) is 27.1 Å². The van der Waals surface area contributed by atoms with Gasteiger partial charge in [0.25, 0.3) is 0 Å². The number of aromatic nitrogens is 2. The predicted molar refractivity (Wildman–Crippen MR) is 94.4 cm³/mol. The van der Waals surface area contributed by atoms with Gasteiger partial charge in [-0.25, -0.2) is 0 Å². The number of amides is 1. The summed E-state index contributed by atoms with van der Waals surface area (Å²) in [5.41, 5.74) is 1.43. The van der Waals surface area contributed by atoms with E-state index in [-0.39, 0.29) is 18.7 Å². The minimum Gasteiger partial charge on any atom is -0.481 e.